The van der Waals surface area contributed by atoms with Crippen LogP contribution in [0.4, 0.5) is 0 Å². The Morgan fingerprint density at radius 1 is 1.10 bits per heavy atom. The van der Waals surface area contributed by atoms with Crippen LogP contribution < -0.4 is 5.32 Å². The SMILES string of the molecule is CCCCc1ccc(C(C)NC(COC)C(C)C)cc1. The summed E-state index contributed by atoms with van der Waals surface area (Å²) in [4.78, 5) is 0. The molecule has 1 aromatic carbocycles. The van der Waals surface area contributed by atoms with Crippen LogP contribution in [-0.4, -0.2) is 19.8 Å². The molecule has 0 saturated carbocycles. The Labute approximate surface area is 124 Å². The highest BCUT2D eigenvalue weighted by Gasteiger charge is 2.16. The summed E-state index contributed by atoms with van der Waals surface area (Å²) in [6.07, 6.45) is 3.72. The first kappa shape index (κ1) is 17.2. The van der Waals surface area contributed by atoms with E-state index >= 15 is 0 Å². The average Bonchev–Trinajstić information content (AvgIpc) is 2.45. The Balaban J connectivity index is 2.59. The zero-order valence-corrected chi connectivity index (χ0v) is 13.8. The van der Waals surface area contributed by atoms with Crippen molar-refractivity contribution in [1.82, 2.24) is 5.32 Å². The largest absolute Gasteiger partial charge is 0.383 e. The number of methoxy groups -OCH3 is 1. The molecule has 2 atom stereocenters. The van der Waals surface area contributed by atoms with Crippen molar-refractivity contribution < 1.29 is 4.74 Å². The van der Waals surface area contributed by atoms with Gasteiger partial charge in [-0.1, -0.05) is 51.5 Å². The molecule has 2 nitrogen and oxygen atoms in total. The van der Waals surface area contributed by atoms with Crippen LogP contribution in [0.15, 0.2) is 24.3 Å². The maximum absolute atomic E-state index is 5.30. The molecule has 114 valence electrons. The molecule has 0 aliphatic rings. The quantitative estimate of drug-likeness (QED) is 0.724. The molecule has 1 N–H and O–H groups in total. The maximum Gasteiger partial charge on any atom is 0.0618 e. The lowest BCUT2D eigenvalue weighted by Crippen LogP contribution is -2.39. The number of unbranched alkanes of at least 4 members (excludes halogenated alkanes) is 1. The van der Waals surface area contributed by atoms with Crippen LogP contribution in [0, 0.1) is 5.92 Å². The molecule has 20 heavy (non-hydrogen) atoms. The van der Waals surface area contributed by atoms with Gasteiger partial charge in [-0.3, -0.25) is 0 Å². The molecule has 0 heterocycles. The predicted octanol–water partition coefficient (Wildman–Crippen LogP) is 4.35. The highest BCUT2D eigenvalue weighted by atomic mass is 16.5. The molecule has 2 unspecified atom stereocenters. The van der Waals surface area contributed by atoms with Gasteiger partial charge in [-0.05, 0) is 36.8 Å². The van der Waals surface area contributed by atoms with E-state index in [2.05, 4.69) is 57.3 Å². The molecule has 0 saturated heterocycles. The minimum atomic E-state index is 0.359. The first-order valence-electron chi connectivity index (χ1n) is 7.92. The van der Waals surface area contributed by atoms with E-state index in [1.165, 1.54) is 30.4 Å². The summed E-state index contributed by atoms with van der Waals surface area (Å²) in [5.41, 5.74) is 2.80. The Bertz CT molecular complexity index is 358. The molecule has 0 aromatic heterocycles. The van der Waals surface area contributed by atoms with Gasteiger partial charge in [0.1, 0.15) is 0 Å². The van der Waals surface area contributed by atoms with Gasteiger partial charge in [0.2, 0.25) is 0 Å². The molecule has 0 aliphatic carbocycles. The number of hydrogen-bond donors (Lipinski definition) is 1. The van der Waals surface area contributed by atoms with Crippen molar-refractivity contribution in [3.8, 4) is 0 Å². The summed E-state index contributed by atoms with van der Waals surface area (Å²) < 4.78 is 5.30. The van der Waals surface area contributed by atoms with Crippen molar-refractivity contribution >= 4 is 0 Å². The van der Waals surface area contributed by atoms with E-state index in [0.29, 0.717) is 18.0 Å². The van der Waals surface area contributed by atoms with E-state index in [4.69, 9.17) is 4.74 Å². The first-order chi connectivity index (χ1) is 9.58. The van der Waals surface area contributed by atoms with Gasteiger partial charge >= 0.3 is 0 Å². The third-order valence-electron chi connectivity index (χ3n) is 3.91. The van der Waals surface area contributed by atoms with Gasteiger partial charge in [0.15, 0.2) is 0 Å². The van der Waals surface area contributed by atoms with Crippen molar-refractivity contribution in [2.45, 2.75) is 59.0 Å². The number of nitrogens with one attached hydrogen (secondary N) is 1. The molecule has 0 amide bonds. The van der Waals surface area contributed by atoms with Gasteiger partial charge in [-0.25, -0.2) is 0 Å². The summed E-state index contributed by atoms with van der Waals surface area (Å²) in [5, 5.41) is 3.67. The summed E-state index contributed by atoms with van der Waals surface area (Å²) in [7, 11) is 1.77. The summed E-state index contributed by atoms with van der Waals surface area (Å²) in [6.45, 7) is 9.69. The van der Waals surface area contributed by atoms with Crippen molar-refractivity contribution in [2.75, 3.05) is 13.7 Å². The monoisotopic (exact) mass is 277 g/mol. The Morgan fingerprint density at radius 2 is 1.75 bits per heavy atom. The number of aryl methyl sites for hydroxylation is 1. The Kier molecular flexibility index (Phi) is 7.86. The van der Waals surface area contributed by atoms with Gasteiger partial charge in [-0.2, -0.15) is 0 Å². The van der Waals surface area contributed by atoms with Crippen LogP contribution in [0.3, 0.4) is 0 Å². The summed E-state index contributed by atoms with van der Waals surface area (Å²) in [5.74, 6) is 0.571. The second-order valence-electron chi connectivity index (χ2n) is 6.04. The molecule has 2 heteroatoms. The van der Waals surface area contributed by atoms with Crippen LogP contribution in [0.1, 0.15) is 57.7 Å². The summed E-state index contributed by atoms with van der Waals surface area (Å²) in [6, 6.07) is 9.81. The highest BCUT2D eigenvalue weighted by Crippen LogP contribution is 2.17. The van der Waals surface area contributed by atoms with Crippen LogP contribution in [0.25, 0.3) is 0 Å². The molecular weight excluding hydrogens is 246 g/mol. The topological polar surface area (TPSA) is 21.3 Å². The zero-order valence-electron chi connectivity index (χ0n) is 13.8. The lowest BCUT2D eigenvalue weighted by molar-refractivity contribution is 0.141. The molecule has 1 aromatic rings. The minimum Gasteiger partial charge on any atom is -0.383 e. The van der Waals surface area contributed by atoms with Crippen LogP contribution in [0.2, 0.25) is 0 Å². The smallest absolute Gasteiger partial charge is 0.0618 e. The standard InChI is InChI=1S/C18H31NO/c1-6-7-8-16-9-11-17(12-10-16)15(4)19-18(13-20-5)14(2)3/h9-12,14-15,18-19H,6-8,13H2,1-5H3. The summed E-state index contributed by atoms with van der Waals surface area (Å²) >= 11 is 0. The van der Waals surface area contributed by atoms with Crippen molar-refractivity contribution in [3.05, 3.63) is 35.4 Å². The van der Waals surface area contributed by atoms with Gasteiger partial charge in [0, 0.05) is 19.2 Å². The maximum atomic E-state index is 5.30. The second kappa shape index (κ2) is 9.15. The number of ether oxygens (including phenoxy) is 1. The lowest BCUT2D eigenvalue weighted by atomic mass is 10.00. The van der Waals surface area contributed by atoms with Gasteiger partial charge in [-0.15, -0.1) is 0 Å². The number of hydrogen-bond acceptors (Lipinski definition) is 2. The molecule has 0 bridgehead atoms. The van der Waals surface area contributed by atoms with Crippen LogP contribution >= 0.6 is 0 Å². The third-order valence-corrected chi connectivity index (χ3v) is 3.91. The van der Waals surface area contributed by atoms with Crippen LogP contribution in [-0.2, 0) is 11.2 Å². The Hall–Kier alpha value is -0.860. The third kappa shape index (κ3) is 5.64. The van der Waals surface area contributed by atoms with E-state index < -0.39 is 0 Å². The van der Waals surface area contributed by atoms with Crippen molar-refractivity contribution in [2.24, 2.45) is 5.92 Å². The van der Waals surface area contributed by atoms with Crippen molar-refractivity contribution in [1.29, 1.82) is 0 Å². The molecule has 0 radical (unpaired) electrons. The highest BCUT2D eigenvalue weighted by molar-refractivity contribution is 5.25. The van der Waals surface area contributed by atoms with E-state index in [9.17, 15) is 0 Å². The fourth-order valence-corrected chi connectivity index (χ4v) is 2.38. The van der Waals surface area contributed by atoms with Crippen LogP contribution in [0.5, 0.6) is 0 Å². The molecule has 0 aliphatic heterocycles. The molecular formula is C18H31NO. The number of benzene rings is 1. The Morgan fingerprint density at radius 3 is 2.25 bits per heavy atom. The van der Waals surface area contributed by atoms with E-state index in [-0.39, 0.29) is 0 Å². The zero-order chi connectivity index (χ0) is 15.0. The average molecular weight is 277 g/mol. The number of rotatable bonds is 9. The lowest BCUT2D eigenvalue weighted by Gasteiger charge is -2.26. The molecule has 0 fully saturated rings. The normalized spacial score (nSPS) is 14.5. The van der Waals surface area contributed by atoms with Gasteiger partial charge in [0.05, 0.1) is 6.61 Å². The molecule has 1 rings (SSSR count). The van der Waals surface area contributed by atoms with E-state index in [1.54, 1.807) is 7.11 Å². The predicted molar refractivity (Wildman–Crippen MR) is 87.1 cm³/mol. The fourth-order valence-electron chi connectivity index (χ4n) is 2.38. The first-order valence-corrected chi connectivity index (χ1v) is 7.92. The van der Waals surface area contributed by atoms with E-state index in [1.807, 2.05) is 0 Å². The van der Waals surface area contributed by atoms with Gasteiger partial charge < -0.3 is 10.1 Å². The second-order valence-corrected chi connectivity index (χ2v) is 6.04. The molecule has 0 spiro atoms. The fraction of sp³-hybridized carbons (Fsp3) is 0.667. The van der Waals surface area contributed by atoms with E-state index in [0.717, 1.165) is 6.61 Å². The van der Waals surface area contributed by atoms with Crippen molar-refractivity contribution in [3.63, 3.8) is 0 Å². The van der Waals surface area contributed by atoms with Gasteiger partial charge in [0.25, 0.3) is 0 Å². The minimum absolute atomic E-state index is 0.359.